The maximum absolute atomic E-state index is 13.9. The van der Waals surface area contributed by atoms with Crippen molar-refractivity contribution in [2.45, 2.75) is 44.8 Å². The van der Waals surface area contributed by atoms with E-state index in [1.54, 1.807) is 0 Å². The Balaban J connectivity index is 3.27. The van der Waals surface area contributed by atoms with E-state index in [1.165, 1.54) is 13.8 Å². The highest BCUT2D eigenvalue weighted by Crippen LogP contribution is 2.51. The molecule has 1 saturated heterocycles. The van der Waals surface area contributed by atoms with Crippen molar-refractivity contribution < 1.29 is 45.1 Å². The van der Waals surface area contributed by atoms with Gasteiger partial charge in [-0.2, -0.15) is 26.3 Å². The first kappa shape index (κ1) is 19.5. The number of ether oxygens (including phenoxy) is 1. The molecule has 2 amide bonds. The van der Waals surface area contributed by atoms with Crippen LogP contribution in [0.5, 0.6) is 0 Å². The lowest BCUT2D eigenvalue weighted by atomic mass is 9.87. The lowest BCUT2D eigenvalue weighted by Crippen LogP contribution is -2.62. The van der Waals surface area contributed by atoms with Gasteiger partial charge in [0.1, 0.15) is 6.61 Å². The SMILES string of the molecule is CC(C)[C@H]1COC(=O)N1C(=O)[C@@H](C)C(F)(C(F)(F)F)C(F)(F)F. The molecule has 0 aromatic carbocycles. The van der Waals surface area contributed by atoms with Crippen LogP contribution in [0.25, 0.3) is 0 Å². The van der Waals surface area contributed by atoms with Gasteiger partial charge in [-0.3, -0.25) is 4.79 Å². The number of carbonyl (C=O) groups excluding carboxylic acids is 2. The number of halogens is 7. The van der Waals surface area contributed by atoms with Crippen molar-refractivity contribution in [3.8, 4) is 0 Å². The van der Waals surface area contributed by atoms with E-state index >= 15 is 0 Å². The summed E-state index contributed by atoms with van der Waals surface area (Å²) in [6.45, 7) is 2.72. The van der Waals surface area contributed by atoms with Gasteiger partial charge in [0.05, 0.1) is 12.0 Å². The Morgan fingerprint density at radius 2 is 1.52 bits per heavy atom. The van der Waals surface area contributed by atoms with E-state index in [2.05, 4.69) is 4.74 Å². The second-order valence-corrected chi connectivity index (χ2v) is 5.53. The Bertz CT molecular complexity index is 472. The Kier molecular flexibility index (Phi) is 4.94. The van der Waals surface area contributed by atoms with E-state index in [9.17, 15) is 40.3 Å². The monoisotopic (exact) mass is 353 g/mol. The summed E-state index contributed by atoms with van der Waals surface area (Å²) in [4.78, 5) is 23.6. The number of amides is 2. The molecule has 0 aliphatic carbocycles. The van der Waals surface area contributed by atoms with Gasteiger partial charge in [0.2, 0.25) is 5.91 Å². The van der Waals surface area contributed by atoms with Gasteiger partial charge in [0, 0.05) is 0 Å². The zero-order valence-corrected chi connectivity index (χ0v) is 12.3. The molecule has 0 bridgehead atoms. The van der Waals surface area contributed by atoms with Gasteiger partial charge in [-0.05, 0) is 12.8 Å². The Morgan fingerprint density at radius 1 is 1.09 bits per heavy atom. The smallest absolute Gasteiger partial charge is 0.432 e. The van der Waals surface area contributed by atoms with Crippen LogP contribution in [0.3, 0.4) is 0 Å². The zero-order valence-electron chi connectivity index (χ0n) is 12.3. The second kappa shape index (κ2) is 5.82. The molecule has 0 saturated carbocycles. The average molecular weight is 353 g/mol. The van der Waals surface area contributed by atoms with Crippen LogP contribution in [0.2, 0.25) is 0 Å². The van der Waals surface area contributed by atoms with Gasteiger partial charge in [-0.1, -0.05) is 13.8 Å². The van der Waals surface area contributed by atoms with E-state index in [-0.39, 0.29) is 18.4 Å². The third-order valence-corrected chi connectivity index (χ3v) is 3.71. The molecule has 1 fully saturated rings. The van der Waals surface area contributed by atoms with Crippen LogP contribution in [-0.2, 0) is 9.53 Å². The summed E-state index contributed by atoms with van der Waals surface area (Å²) < 4.78 is 94.4. The van der Waals surface area contributed by atoms with Crippen molar-refractivity contribution in [3.05, 3.63) is 0 Å². The van der Waals surface area contributed by atoms with Crippen molar-refractivity contribution in [1.82, 2.24) is 4.90 Å². The first-order valence-corrected chi connectivity index (χ1v) is 6.48. The molecule has 0 spiro atoms. The van der Waals surface area contributed by atoms with Crippen molar-refractivity contribution in [2.24, 2.45) is 11.8 Å². The third kappa shape index (κ3) is 3.09. The molecule has 1 rings (SSSR count). The summed E-state index contributed by atoms with van der Waals surface area (Å²) in [5.74, 6) is -5.62. The van der Waals surface area contributed by atoms with Crippen LogP contribution in [0.4, 0.5) is 35.5 Å². The second-order valence-electron chi connectivity index (χ2n) is 5.53. The van der Waals surface area contributed by atoms with Crippen LogP contribution >= 0.6 is 0 Å². The van der Waals surface area contributed by atoms with E-state index in [0.29, 0.717) is 0 Å². The van der Waals surface area contributed by atoms with Gasteiger partial charge in [0.25, 0.3) is 0 Å². The van der Waals surface area contributed by atoms with Crippen LogP contribution in [0, 0.1) is 11.8 Å². The summed E-state index contributed by atoms with van der Waals surface area (Å²) in [6, 6.07) is -1.07. The van der Waals surface area contributed by atoms with Crippen molar-refractivity contribution in [3.63, 3.8) is 0 Å². The normalized spacial score (nSPS) is 21.6. The molecule has 0 N–H and O–H groups in total. The largest absolute Gasteiger partial charge is 0.447 e. The van der Waals surface area contributed by atoms with Crippen molar-refractivity contribution >= 4 is 12.0 Å². The minimum absolute atomic E-state index is 0.126. The summed E-state index contributed by atoms with van der Waals surface area (Å²) >= 11 is 0. The molecular weight excluding hydrogens is 339 g/mol. The number of alkyl halides is 7. The molecule has 23 heavy (non-hydrogen) atoms. The molecule has 2 atom stereocenters. The average Bonchev–Trinajstić information content (AvgIpc) is 2.75. The predicted molar refractivity (Wildman–Crippen MR) is 61.9 cm³/mol. The van der Waals surface area contributed by atoms with E-state index in [1.807, 2.05) is 0 Å². The summed E-state index contributed by atoms with van der Waals surface area (Å²) in [5, 5.41) is 0. The van der Waals surface area contributed by atoms with Crippen LogP contribution in [0.15, 0.2) is 0 Å². The van der Waals surface area contributed by atoms with Gasteiger partial charge in [-0.15, -0.1) is 0 Å². The van der Waals surface area contributed by atoms with Crippen LogP contribution in [-0.4, -0.2) is 47.6 Å². The molecule has 134 valence electrons. The molecule has 0 radical (unpaired) electrons. The van der Waals surface area contributed by atoms with Crippen LogP contribution < -0.4 is 0 Å². The molecule has 1 aliphatic heterocycles. The molecular formula is C12H14F7NO3. The fourth-order valence-electron chi connectivity index (χ4n) is 2.21. The number of imide groups is 1. The van der Waals surface area contributed by atoms with E-state index in [4.69, 9.17) is 0 Å². The Labute approximate surface area is 126 Å². The minimum Gasteiger partial charge on any atom is -0.447 e. The molecule has 0 aromatic heterocycles. The number of rotatable bonds is 3. The first-order chi connectivity index (χ1) is 10.2. The van der Waals surface area contributed by atoms with Gasteiger partial charge >= 0.3 is 24.1 Å². The lowest BCUT2D eigenvalue weighted by molar-refractivity contribution is -0.353. The summed E-state index contributed by atoms with van der Waals surface area (Å²) in [6.07, 6.45) is -14.2. The molecule has 11 heteroatoms. The Hall–Kier alpha value is -1.55. The lowest BCUT2D eigenvalue weighted by Gasteiger charge is -2.36. The van der Waals surface area contributed by atoms with Crippen LogP contribution in [0.1, 0.15) is 20.8 Å². The van der Waals surface area contributed by atoms with Gasteiger partial charge < -0.3 is 4.74 Å². The zero-order chi connectivity index (χ0) is 18.4. The first-order valence-electron chi connectivity index (χ1n) is 6.48. The molecule has 4 nitrogen and oxygen atoms in total. The quantitative estimate of drug-likeness (QED) is 0.730. The number of hydrogen-bond acceptors (Lipinski definition) is 3. The highest BCUT2D eigenvalue weighted by molar-refractivity contribution is 5.95. The third-order valence-electron chi connectivity index (χ3n) is 3.71. The fraction of sp³-hybridized carbons (Fsp3) is 0.833. The minimum atomic E-state index is -6.38. The molecule has 1 heterocycles. The fourth-order valence-corrected chi connectivity index (χ4v) is 2.21. The summed E-state index contributed by atoms with van der Waals surface area (Å²) in [7, 11) is 0. The Morgan fingerprint density at radius 3 is 1.87 bits per heavy atom. The molecule has 1 aliphatic rings. The van der Waals surface area contributed by atoms with Crippen molar-refractivity contribution in [2.75, 3.05) is 6.61 Å². The van der Waals surface area contributed by atoms with Gasteiger partial charge in [-0.25, -0.2) is 14.1 Å². The number of cyclic esters (lactones) is 1. The molecule has 0 unspecified atom stereocenters. The maximum atomic E-state index is 13.9. The van der Waals surface area contributed by atoms with Crippen molar-refractivity contribution in [1.29, 1.82) is 0 Å². The highest BCUT2D eigenvalue weighted by Gasteiger charge is 2.76. The predicted octanol–water partition coefficient (Wildman–Crippen LogP) is 3.46. The van der Waals surface area contributed by atoms with Gasteiger partial charge in [0.15, 0.2) is 0 Å². The van der Waals surface area contributed by atoms with E-state index in [0.717, 1.165) is 0 Å². The number of hydrogen-bond donors (Lipinski definition) is 0. The standard InChI is InChI=1S/C12H14F7NO3/c1-5(2)7-4-23-9(22)20(7)8(21)6(3)10(13,11(14,15)16)12(17,18)19/h5-7H,4H2,1-3H3/t6-,7-/m1/s1. The number of carbonyl (C=O) groups is 2. The highest BCUT2D eigenvalue weighted by atomic mass is 19.4. The number of nitrogens with zero attached hydrogens (tertiary/aromatic N) is 1. The summed E-state index contributed by atoms with van der Waals surface area (Å²) in [5.41, 5.74) is -5.78. The van der Waals surface area contributed by atoms with E-state index < -0.39 is 47.9 Å². The maximum Gasteiger partial charge on any atom is 0.432 e. The topological polar surface area (TPSA) is 46.6 Å². The molecule has 0 aromatic rings.